The van der Waals surface area contributed by atoms with Crippen molar-refractivity contribution < 1.29 is 4.79 Å². The first kappa shape index (κ1) is 15.5. The van der Waals surface area contributed by atoms with E-state index in [9.17, 15) is 4.79 Å². The summed E-state index contributed by atoms with van der Waals surface area (Å²) in [5, 5.41) is 7.51. The van der Waals surface area contributed by atoms with Gasteiger partial charge in [-0.15, -0.1) is 22.7 Å². The van der Waals surface area contributed by atoms with Crippen molar-refractivity contribution in [2.75, 3.05) is 5.32 Å². The molecule has 3 aromatic rings. The van der Waals surface area contributed by atoms with Crippen molar-refractivity contribution in [3.8, 4) is 11.3 Å². The van der Waals surface area contributed by atoms with E-state index in [4.69, 9.17) is 0 Å². The predicted molar refractivity (Wildman–Crippen MR) is 98.8 cm³/mol. The van der Waals surface area contributed by atoms with Gasteiger partial charge < -0.3 is 0 Å². The monoisotopic (exact) mass is 355 g/mol. The van der Waals surface area contributed by atoms with Gasteiger partial charge in [-0.1, -0.05) is 6.92 Å². The van der Waals surface area contributed by atoms with Crippen molar-refractivity contribution in [3.05, 3.63) is 51.3 Å². The molecule has 24 heavy (non-hydrogen) atoms. The van der Waals surface area contributed by atoms with E-state index < -0.39 is 0 Å². The Morgan fingerprint density at radius 3 is 3.08 bits per heavy atom. The molecule has 0 aromatic carbocycles. The van der Waals surface area contributed by atoms with Crippen LogP contribution in [-0.4, -0.2) is 15.9 Å². The number of rotatable bonds is 3. The molecule has 122 valence electrons. The van der Waals surface area contributed by atoms with E-state index in [2.05, 4.69) is 22.2 Å². The number of thiophene rings is 1. The molecule has 0 saturated heterocycles. The molecule has 4 rings (SSSR count). The number of nitrogens with zero attached hydrogens (tertiary/aromatic N) is 2. The Hall–Kier alpha value is -2.05. The number of pyridine rings is 1. The van der Waals surface area contributed by atoms with Gasteiger partial charge in [0.15, 0.2) is 5.13 Å². The average molecular weight is 355 g/mol. The van der Waals surface area contributed by atoms with Gasteiger partial charge in [0.2, 0.25) is 0 Å². The van der Waals surface area contributed by atoms with Crippen LogP contribution < -0.4 is 5.32 Å². The van der Waals surface area contributed by atoms with Crippen LogP contribution in [0.25, 0.3) is 11.3 Å². The Bertz CT molecular complexity index is 870. The summed E-state index contributed by atoms with van der Waals surface area (Å²) in [6.45, 7) is 2.28. The highest BCUT2D eigenvalue weighted by atomic mass is 32.1. The number of hydrogen-bond acceptors (Lipinski definition) is 5. The van der Waals surface area contributed by atoms with E-state index in [1.807, 2.05) is 22.9 Å². The first-order chi connectivity index (χ1) is 11.7. The van der Waals surface area contributed by atoms with Gasteiger partial charge in [-0.25, -0.2) is 4.98 Å². The molecule has 6 heteroatoms. The maximum absolute atomic E-state index is 12.6. The van der Waals surface area contributed by atoms with Crippen molar-refractivity contribution >= 4 is 33.7 Å². The summed E-state index contributed by atoms with van der Waals surface area (Å²) in [5.41, 5.74) is 3.85. The van der Waals surface area contributed by atoms with Crippen LogP contribution in [0.4, 0.5) is 5.13 Å². The van der Waals surface area contributed by atoms with Crippen molar-refractivity contribution in [1.82, 2.24) is 9.97 Å². The van der Waals surface area contributed by atoms with E-state index in [1.54, 1.807) is 23.7 Å². The van der Waals surface area contributed by atoms with Gasteiger partial charge >= 0.3 is 0 Å². The summed E-state index contributed by atoms with van der Waals surface area (Å²) >= 11 is 3.15. The Morgan fingerprint density at radius 1 is 1.33 bits per heavy atom. The normalized spacial score (nSPS) is 16.6. The summed E-state index contributed by atoms with van der Waals surface area (Å²) in [6, 6.07) is 3.84. The van der Waals surface area contributed by atoms with Gasteiger partial charge in [-0.2, -0.15) is 0 Å². The molecule has 1 N–H and O–H groups in total. The molecule has 0 saturated carbocycles. The lowest BCUT2D eigenvalue weighted by Gasteiger charge is -2.18. The van der Waals surface area contributed by atoms with Crippen LogP contribution in [0.15, 0.2) is 35.3 Å². The fourth-order valence-corrected chi connectivity index (χ4v) is 4.97. The highest BCUT2D eigenvalue weighted by Gasteiger charge is 2.23. The molecule has 0 spiro atoms. The summed E-state index contributed by atoms with van der Waals surface area (Å²) in [6.07, 6.45) is 6.76. The summed E-state index contributed by atoms with van der Waals surface area (Å²) < 4.78 is 0. The van der Waals surface area contributed by atoms with Crippen LogP contribution in [0.5, 0.6) is 0 Å². The second kappa shape index (κ2) is 6.45. The Balaban J connectivity index is 1.52. The summed E-state index contributed by atoms with van der Waals surface area (Å²) in [5.74, 6) is 0.669. The van der Waals surface area contributed by atoms with Crippen LogP contribution in [0.3, 0.4) is 0 Å². The third-order valence-electron chi connectivity index (χ3n) is 4.33. The maximum Gasteiger partial charge on any atom is 0.258 e. The molecule has 4 nitrogen and oxygen atoms in total. The van der Waals surface area contributed by atoms with E-state index >= 15 is 0 Å². The van der Waals surface area contributed by atoms with Gasteiger partial charge in [0.05, 0.1) is 11.3 Å². The molecule has 1 amide bonds. The van der Waals surface area contributed by atoms with Gasteiger partial charge in [0.1, 0.15) is 0 Å². The molecule has 3 aromatic heterocycles. The SMILES string of the molecule is CC1CCc2c(C(=O)Nc3nc(-c4cccnc4)cs3)csc2C1. The first-order valence-corrected chi connectivity index (χ1v) is 9.73. The standard InChI is InChI=1S/C18H17N3OS2/c1-11-4-5-13-14(9-23-16(13)7-11)17(22)21-18-20-15(10-24-18)12-3-2-6-19-8-12/h2-3,6,8-11H,4-5,7H2,1H3,(H,20,21,22). The first-order valence-electron chi connectivity index (χ1n) is 7.97. The quantitative estimate of drug-likeness (QED) is 0.744. The maximum atomic E-state index is 12.6. The molecule has 1 aliphatic carbocycles. The van der Waals surface area contributed by atoms with Crippen LogP contribution >= 0.6 is 22.7 Å². The topological polar surface area (TPSA) is 54.9 Å². The Labute approximate surface area is 148 Å². The number of carbonyl (C=O) groups is 1. The van der Waals surface area contributed by atoms with Gasteiger partial charge in [0.25, 0.3) is 5.91 Å². The largest absolute Gasteiger partial charge is 0.298 e. The number of fused-ring (bicyclic) bond motifs is 1. The molecule has 0 fully saturated rings. The smallest absolute Gasteiger partial charge is 0.258 e. The zero-order valence-corrected chi connectivity index (χ0v) is 14.9. The van der Waals surface area contributed by atoms with Gasteiger partial charge in [-0.05, 0) is 42.9 Å². The van der Waals surface area contributed by atoms with Crippen molar-refractivity contribution in [3.63, 3.8) is 0 Å². The second-order valence-electron chi connectivity index (χ2n) is 6.13. The molecule has 0 radical (unpaired) electrons. The lowest BCUT2D eigenvalue weighted by molar-refractivity contribution is 0.102. The number of nitrogens with one attached hydrogen (secondary N) is 1. The molecule has 0 aliphatic heterocycles. The van der Waals surface area contributed by atoms with E-state index in [0.717, 1.165) is 36.1 Å². The zero-order valence-electron chi connectivity index (χ0n) is 13.3. The molecule has 1 atom stereocenters. The van der Waals surface area contributed by atoms with E-state index in [-0.39, 0.29) is 5.91 Å². The third-order valence-corrected chi connectivity index (χ3v) is 6.14. The number of aromatic nitrogens is 2. The minimum absolute atomic E-state index is 0.0471. The number of thiazole rings is 1. The Kier molecular flexibility index (Phi) is 4.16. The summed E-state index contributed by atoms with van der Waals surface area (Å²) in [4.78, 5) is 22.6. The number of hydrogen-bond donors (Lipinski definition) is 1. The predicted octanol–water partition coefficient (Wildman–Crippen LogP) is 4.64. The fraction of sp³-hybridized carbons (Fsp3) is 0.278. The molecule has 3 heterocycles. The van der Waals surface area contributed by atoms with Crippen molar-refractivity contribution in [1.29, 1.82) is 0 Å². The molecule has 0 bridgehead atoms. The van der Waals surface area contributed by atoms with Crippen LogP contribution in [0.2, 0.25) is 0 Å². The Morgan fingerprint density at radius 2 is 2.25 bits per heavy atom. The van der Waals surface area contributed by atoms with E-state index in [1.165, 1.54) is 21.8 Å². The number of anilines is 1. The molecular weight excluding hydrogens is 338 g/mol. The lowest BCUT2D eigenvalue weighted by Crippen LogP contribution is -2.16. The van der Waals surface area contributed by atoms with Crippen LogP contribution in [0.1, 0.15) is 34.1 Å². The minimum atomic E-state index is -0.0471. The van der Waals surface area contributed by atoms with Crippen molar-refractivity contribution in [2.24, 2.45) is 5.92 Å². The fourth-order valence-electron chi connectivity index (χ4n) is 3.01. The van der Waals surface area contributed by atoms with Crippen molar-refractivity contribution in [2.45, 2.75) is 26.2 Å². The minimum Gasteiger partial charge on any atom is -0.298 e. The lowest BCUT2D eigenvalue weighted by atomic mass is 9.88. The second-order valence-corrected chi connectivity index (χ2v) is 7.96. The average Bonchev–Trinajstić information content (AvgIpc) is 3.22. The molecule has 1 aliphatic rings. The third kappa shape index (κ3) is 2.99. The van der Waals surface area contributed by atoms with E-state index in [0.29, 0.717) is 11.0 Å². The molecular formula is C18H17N3OS2. The number of carbonyl (C=O) groups excluding carboxylic acids is 1. The molecule has 1 unspecified atom stereocenters. The highest BCUT2D eigenvalue weighted by Crippen LogP contribution is 2.33. The van der Waals surface area contributed by atoms with Crippen LogP contribution in [0, 0.1) is 5.92 Å². The van der Waals surface area contributed by atoms with Gasteiger partial charge in [0, 0.05) is 33.6 Å². The van der Waals surface area contributed by atoms with Crippen LogP contribution in [-0.2, 0) is 12.8 Å². The van der Waals surface area contributed by atoms with Gasteiger partial charge in [-0.3, -0.25) is 15.1 Å². The summed E-state index contributed by atoms with van der Waals surface area (Å²) in [7, 11) is 0. The number of amides is 1. The highest BCUT2D eigenvalue weighted by molar-refractivity contribution is 7.14. The zero-order chi connectivity index (χ0) is 16.5.